The monoisotopic (exact) mass is 484 g/mol. The third-order valence-corrected chi connectivity index (χ3v) is 5.56. The van der Waals surface area contributed by atoms with Gasteiger partial charge < -0.3 is 5.73 Å². The molecule has 6 nitrogen and oxygen atoms in total. The van der Waals surface area contributed by atoms with E-state index in [0.717, 1.165) is 34.3 Å². The van der Waals surface area contributed by atoms with E-state index in [-0.39, 0.29) is 39.4 Å². The summed E-state index contributed by atoms with van der Waals surface area (Å²) in [5, 5.41) is 7.90. The van der Waals surface area contributed by atoms with Crippen molar-refractivity contribution >= 4 is 11.6 Å². The van der Waals surface area contributed by atoms with Crippen molar-refractivity contribution in [2.45, 2.75) is 18.9 Å². The highest BCUT2D eigenvalue weighted by Gasteiger charge is 2.37. The Morgan fingerprint density at radius 2 is 1.63 bits per heavy atom. The Labute approximate surface area is 195 Å². The number of hydrogen-bond acceptors (Lipinski definition) is 4. The number of alkyl halides is 2. The molecule has 0 aliphatic carbocycles. The fourth-order valence-electron chi connectivity index (χ4n) is 4.03. The molecule has 3 heterocycles. The third-order valence-electron chi connectivity index (χ3n) is 5.56. The second-order valence-corrected chi connectivity index (χ2v) is 8.10. The van der Waals surface area contributed by atoms with Gasteiger partial charge in [0, 0.05) is 41.6 Å². The van der Waals surface area contributed by atoms with E-state index < -0.39 is 29.4 Å². The number of pyridine rings is 1. The van der Waals surface area contributed by atoms with Crippen molar-refractivity contribution in [1.82, 2.24) is 24.4 Å². The van der Waals surface area contributed by atoms with Crippen LogP contribution in [-0.2, 0) is 0 Å². The average Bonchev–Trinajstić information content (AvgIpc) is 3.41. The van der Waals surface area contributed by atoms with Crippen LogP contribution in [0.25, 0.3) is 27.9 Å². The second-order valence-electron chi connectivity index (χ2n) is 8.10. The lowest BCUT2D eigenvalue weighted by atomic mass is 10.00. The number of aromatic nitrogens is 5. The molecule has 0 amide bonds. The number of anilines is 1. The number of nitrogen functional groups attached to an aromatic ring is 1. The molecule has 0 aliphatic heterocycles. The molecule has 0 aliphatic rings. The summed E-state index contributed by atoms with van der Waals surface area (Å²) in [7, 11) is 0. The zero-order valence-electron chi connectivity index (χ0n) is 18.1. The summed E-state index contributed by atoms with van der Waals surface area (Å²) < 4.78 is 74.5. The maximum Gasteiger partial charge on any atom is 0.271 e. The first-order valence-electron chi connectivity index (χ1n) is 10.4. The quantitative estimate of drug-likeness (QED) is 0.334. The SMILES string of the molecule is CC(F)(F)[C@@H](c1ccc(F)cc1)n1cc(-c2cccc(-c3cc(F)c4nc(N)nn4c3)c2F)cn1. The Morgan fingerprint density at radius 1 is 0.943 bits per heavy atom. The number of nitrogens with zero attached hydrogens (tertiary/aromatic N) is 5. The Morgan fingerprint density at radius 3 is 2.31 bits per heavy atom. The van der Waals surface area contributed by atoms with Crippen molar-refractivity contribution in [2.75, 3.05) is 5.73 Å². The maximum atomic E-state index is 15.6. The van der Waals surface area contributed by atoms with Crippen LogP contribution < -0.4 is 5.73 Å². The van der Waals surface area contributed by atoms with Crippen LogP contribution in [0.4, 0.5) is 27.9 Å². The van der Waals surface area contributed by atoms with Crippen molar-refractivity contribution in [3.63, 3.8) is 0 Å². The molecule has 0 spiro atoms. The minimum absolute atomic E-state index is 0.0565. The summed E-state index contributed by atoms with van der Waals surface area (Å²) in [6.07, 6.45) is 3.93. The lowest BCUT2D eigenvalue weighted by Crippen LogP contribution is -2.29. The van der Waals surface area contributed by atoms with Gasteiger partial charge in [-0.15, -0.1) is 5.10 Å². The predicted molar refractivity (Wildman–Crippen MR) is 119 cm³/mol. The molecule has 0 unspecified atom stereocenters. The van der Waals surface area contributed by atoms with E-state index in [1.807, 2.05) is 0 Å². The lowest BCUT2D eigenvalue weighted by molar-refractivity contribution is -0.0217. The van der Waals surface area contributed by atoms with Gasteiger partial charge in [-0.25, -0.2) is 26.5 Å². The van der Waals surface area contributed by atoms with E-state index in [4.69, 9.17) is 5.73 Å². The lowest BCUT2D eigenvalue weighted by Gasteiger charge is -2.24. The summed E-state index contributed by atoms with van der Waals surface area (Å²) in [5.41, 5.74) is 6.09. The normalized spacial score (nSPS) is 12.9. The van der Waals surface area contributed by atoms with E-state index in [9.17, 15) is 17.6 Å². The second kappa shape index (κ2) is 8.19. The molecule has 35 heavy (non-hydrogen) atoms. The maximum absolute atomic E-state index is 15.6. The van der Waals surface area contributed by atoms with Gasteiger partial charge in [-0.3, -0.25) is 4.68 Å². The van der Waals surface area contributed by atoms with Gasteiger partial charge in [0.15, 0.2) is 11.5 Å². The first-order valence-corrected chi connectivity index (χ1v) is 10.4. The van der Waals surface area contributed by atoms with Crippen LogP contribution in [0.1, 0.15) is 18.5 Å². The molecule has 0 saturated carbocycles. The number of hydrogen-bond donors (Lipinski definition) is 1. The van der Waals surface area contributed by atoms with Crippen LogP contribution in [0.2, 0.25) is 0 Å². The van der Waals surface area contributed by atoms with Crippen molar-refractivity contribution in [3.05, 3.63) is 90.1 Å². The molecule has 178 valence electrons. The van der Waals surface area contributed by atoms with Crippen LogP contribution in [0.5, 0.6) is 0 Å². The fraction of sp³-hybridized carbons (Fsp3) is 0.125. The van der Waals surface area contributed by atoms with E-state index in [2.05, 4.69) is 15.2 Å². The molecular formula is C24H17F5N6. The van der Waals surface area contributed by atoms with Gasteiger partial charge in [0.1, 0.15) is 17.7 Å². The Hall–Kier alpha value is -4.28. The summed E-state index contributed by atoms with van der Waals surface area (Å²) in [6.45, 7) is 0.727. The highest BCUT2D eigenvalue weighted by atomic mass is 19.3. The minimum atomic E-state index is -3.26. The number of benzene rings is 2. The summed E-state index contributed by atoms with van der Waals surface area (Å²) in [4.78, 5) is 3.77. The molecule has 3 aromatic heterocycles. The Bertz CT molecular complexity index is 1530. The van der Waals surface area contributed by atoms with Crippen molar-refractivity contribution in [2.24, 2.45) is 0 Å². The average molecular weight is 484 g/mol. The minimum Gasteiger partial charge on any atom is -0.366 e. The molecule has 2 aromatic carbocycles. The first-order chi connectivity index (χ1) is 16.6. The molecule has 0 radical (unpaired) electrons. The van der Waals surface area contributed by atoms with Crippen LogP contribution >= 0.6 is 0 Å². The highest BCUT2D eigenvalue weighted by Crippen LogP contribution is 2.37. The largest absolute Gasteiger partial charge is 0.366 e. The number of halogens is 5. The number of fused-ring (bicyclic) bond motifs is 1. The van der Waals surface area contributed by atoms with E-state index in [1.165, 1.54) is 42.9 Å². The van der Waals surface area contributed by atoms with Gasteiger partial charge in [-0.1, -0.05) is 30.3 Å². The van der Waals surface area contributed by atoms with E-state index in [1.54, 1.807) is 6.07 Å². The standard InChI is InChI=1S/C24H17F5N6/c1-24(28,29)21(13-5-7-16(25)8-6-13)34-12-15(10-31-34)18-4-2-3-17(20(18)27)14-9-19(26)22-32-23(30)33-35(22)11-14/h2-12,21H,1H3,(H2,30,33)/t21-/m1/s1. The molecule has 0 bridgehead atoms. The number of rotatable bonds is 5. The fourth-order valence-corrected chi connectivity index (χ4v) is 4.03. The van der Waals surface area contributed by atoms with Gasteiger partial charge in [0.25, 0.3) is 5.92 Å². The Balaban J connectivity index is 1.57. The molecule has 0 fully saturated rings. The highest BCUT2D eigenvalue weighted by molar-refractivity contribution is 5.74. The van der Waals surface area contributed by atoms with Gasteiger partial charge in [-0.05, 0) is 23.8 Å². The van der Waals surface area contributed by atoms with Gasteiger partial charge >= 0.3 is 0 Å². The molecule has 5 rings (SSSR count). The van der Waals surface area contributed by atoms with Crippen molar-refractivity contribution in [1.29, 1.82) is 0 Å². The van der Waals surface area contributed by atoms with Crippen molar-refractivity contribution < 1.29 is 22.0 Å². The third kappa shape index (κ3) is 4.09. The van der Waals surface area contributed by atoms with Gasteiger partial charge in [0.05, 0.1) is 6.20 Å². The zero-order chi connectivity index (χ0) is 24.9. The van der Waals surface area contributed by atoms with E-state index in [0.29, 0.717) is 0 Å². The topological polar surface area (TPSA) is 74.0 Å². The van der Waals surface area contributed by atoms with Gasteiger partial charge in [0.2, 0.25) is 5.95 Å². The first kappa shape index (κ1) is 22.5. The van der Waals surface area contributed by atoms with Crippen LogP contribution in [0, 0.1) is 17.5 Å². The summed E-state index contributed by atoms with van der Waals surface area (Å²) >= 11 is 0. The van der Waals surface area contributed by atoms with Crippen LogP contribution in [0.15, 0.2) is 67.1 Å². The van der Waals surface area contributed by atoms with Gasteiger partial charge in [-0.2, -0.15) is 10.1 Å². The molecule has 5 aromatic rings. The van der Waals surface area contributed by atoms with Crippen molar-refractivity contribution in [3.8, 4) is 22.3 Å². The molecule has 2 N–H and O–H groups in total. The molecule has 1 atom stereocenters. The van der Waals surface area contributed by atoms with E-state index >= 15 is 4.39 Å². The molecule has 11 heteroatoms. The predicted octanol–water partition coefficient (Wildman–Crippen LogP) is 5.50. The number of nitrogens with two attached hydrogens (primary N) is 1. The summed E-state index contributed by atoms with van der Waals surface area (Å²) in [6, 6.07) is 8.69. The molecule has 0 saturated heterocycles. The Kier molecular flexibility index (Phi) is 5.27. The smallest absolute Gasteiger partial charge is 0.271 e. The zero-order valence-corrected chi connectivity index (χ0v) is 18.1. The summed E-state index contributed by atoms with van der Waals surface area (Å²) in [5.74, 6) is -5.40. The van der Waals surface area contributed by atoms with Crippen LogP contribution in [-0.4, -0.2) is 30.3 Å². The molecular weight excluding hydrogens is 467 g/mol. The van der Waals surface area contributed by atoms with Crippen LogP contribution in [0.3, 0.4) is 0 Å².